The Morgan fingerprint density at radius 2 is 1.92 bits per heavy atom. The van der Waals surface area contributed by atoms with E-state index in [1.165, 1.54) is 0 Å². The van der Waals surface area contributed by atoms with Gasteiger partial charge in [0.1, 0.15) is 11.9 Å². The van der Waals surface area contributed by atoms with Gasteiger partial charge in [-0.25, -0.2) is 8.42 Å². The van der Waals surface area contributed by atoms with E-state index in [1.807, 2.05) is 12.1 Å². The van der Waals surface area contributed by atoms with Gasteiger partial charge in [0.05, 0.1) is 9.79 Å². The summed E-state index contributed by atoms with van der Waals surface area (Å²) in [6.45, 7) is 5.02. The van der Waals surface area contributed by atoms with Gasteiger partial charge in [0.15, 0.2) is 0 Å². The third-order valence-electron chi connectivity index (χ3n) is 4.06. The molecule has 1 atom stereocenters. The first kappa shape index (κ1) is 18.3. The summed E-state index contributed by atoms with van der Waals surface area (Å²) in [6.07, 6.45) is 1.90. The molecule has 6 heteroatoms. The predicted octanol–water partition coefficient (Wildman–Crippen LogP) is 3.86. The average Bonchev–Trinajstić information content (AvgIpc) is 2.61. The molecule has 0 amide bonds. The third-order valence-corrected chi connectivity index (χ3v) is 6.63. The SMILES string of the molecule is CC(C)SNC[C@H]1CCc2ccc(S(=O)(=O)c3ccccc3)cc2O1. The number of nitrogens with one attached hydrogen (secondary N) is 1. The molecule has 1 heterocycles. The molecule has 134 valence electrons. The number of rotatable bonds is 6. The summed E-state index contributed by atoms with van der Waals surface area (Å²) in [6, 6.07) is 13.7. The zero-order chi connectivity index (χ0) is 17.9. The molecule has 0 spiro atoms. The standard InChI is InChI=1S/C19H23NO3S2/c1-14(2)24-20-13-16-10-8-15-9-11-18(12-19(15)23-16)25(21,22)17-6-4-3-5-7-17/h3-7,9,11-12,14,16,20H,8,10,13H2,1-2H3/t16-/m1/s1. The largest absolute Gasteiger partial charge is 0.489 e. The number of hydrogen-bond donors (Lipinski definition) is 1. The van der Waals surface area contributed by atoms with Gasteiger partial charge in [-0.1, -0.05) is 50.1 Å². The smallest absolute Gasteiger partial charge is 0.206 e. The Morgan fingerprint density at radius 1 is 1.16 bits per heavy atom. The van der Waals surface area contributed by atoms with Crippen molar-refractivity contribution in [1.29, 1.82) is 0 Å². The Balaban J connectivity index is 1.78. The Kier molecular flexibility index (Phi) is 5.71. The van der Waals surface area contributed by atoms with Gasteiger partial charge >= 0.3 is 0 Å². The van der Waals surface area contributed by atoms with Crippen LogP contribution in [0.15, 0.2) is 58.3 Å². The molecule has 1 aliphatic rings. The summed E-state index contributed by atoms with van der Waals surface area (Å²) in [5.41, 5.74) is 1.07. The summed E-state index contributed by atoms with van der Waals surface area (Å²) in [5, 5.41) is 0.512. The number of ether oxygens (including phenoxy) is 1. The van der Waals surface area contributed by atoms with E-state index in [9.17, 15) is 8.42 Å². The van der Waals surface area contributed by atoms with Gasteiger partial charge in [-0.15, -0.1) is 0 Å². The molecule has 0 bridgehead atoms. The van der Waals surface area contributed by atoms with Crippen molar-refractivity contribution < 1.29 is 13.2 Å². The van der Waals surface area contributed by atoms with E-state index in [-0.39, 0.29) is 11.0 Å². The minimum Gasteiger partial charge on any atom is -0.489 e. The second kappa shape index (κ2) is 7.81. The monoisotopic (exact) mass is 377 g/mol. The number of sulfone groups is 1. The minimum atomic E-state index is -3.52. The minimum absolute atomic E-state index is 0.0634. The highest BCUT2D eigenvalue weighted by molar-refractivity contribution is 7.97. The average molecular weight is 378 g/mol. The van der Waals surface area contributed by atoms with Crippen LogP contribution < -0.4 is 9.46 Å². The molecule has 2 aromatic carbocycles. The van der Waals surface area contributed by atoms with E-state index in [2.05, 4.69) is 18.6 Å². The molecular formula is C19H23NO3S2. The lowest BCUT2D eigenvalue weighted by atomic mass is 10.0. The van der Waals surface area contributed by atoms with E-state index in [1.54, 1.807) is 48.3 Å². The van der Waals surface area contributed by atoms with Crippen LogP contribution in [0.4, 0.5) is 0 Å². The lowest BCUT2D eigenvalue weighted by Crippen LogP contribution is -2.32. The van der Waals surface area contributed by atoms with Crippen LogP contribution in [-0.2, 0) is 16.3 Å². The number of aryl methyl sites for hydroxylation is 1. The van der Waals surface area contributed by atoms with E-state index in [4.69, 9.17) is 4.74 Å². The van der Waals surface area contributed by atoms with Crippen molar-refractivity contribution >= 4 is 21.8 Å². The molecule has 25 heavy (non-hydrogen) atoms. The molecule has 3 rings (SSSR count). The van der Waals surface area contributed by atoms with Crippen molar-refractivity contribution in [2.45, 2.75) is 47.8 Å². The van der Waals surface area contributed by atoms with Gasteiger partial charge < -0.3 is 4.74 Å². The molecule has 1 N–H and O–H groups in total. The van der Waals surface area contributed by atoms with Crippen molar-refractivity contribution in [1.82, 2.24) is 4.72 Å². The summed E-state index contributed by atoms with van der Waals surface area (Å²) < 4.78 is 34.9. The van der Waals surface area contributed by atoms with Gasteiger partial charge in [-0.3, -0.25) is 4.72 Å². The van der Waals surface area contributed by atoms with Crippen LogP contribution in [0.1, 0.15) is 25.8 Å². The van der Waals surface area contributed by atoms with Crippen molar-refractivity contribution in [3.8, 4) is 5.75 Å². The van der Waals surface area contributed by atoms with Crippen LogP contribution in [0.3, 0.4) is 0 Å². The van der Waals surface area contributed by atoms with E-state index in [0.717, 1.165) is 24.9 Å². The molecule has 0 radical (unpaired) electrons. The van der Waals surface area contributed by atoms with Crippen molar-refractivity contribution in [3.63, 3.8) is 0 Å². The maximum absolute atomic E-state index is 12.8. The first-order valence-electron chi connectivity index (χ1n) is 8.45. The fraction of sp³-hybridized carbons (Fsp3) is 0.368. The second-order valence-corrected chi connectivity index (χ2v) is 9.80. The Hall–Kier alpha value is -1.50. The van der Waals surface area contributed by atoms with E-state index < -0.39 is 9.84 Å². The van der Waals surface area contributed by atoms with Crippen LogP contribution >= 0.6 is 11.9 Å². The van der Waals surface area contributed by atoms with Gasteiger partial charge in [-0.05, 0) is 42.7 Å². The highest BCUT2D eigenvalue weighted by Gasteiger charge is 2.24. The normalized spacial score (nSPS) is 17.2. The molecule has 2 aromatic rings. The predicted molar refractivity (Wildman–Crippen MR) is 102 cm³/mol. The van der Waals surface area contributed by atoms with Gasteiger partial charge in [0, 0.05) is 11.8 Å². The fourth-order valence-electron chi connectivity index (χ4n) is 2.76. The summed E-state index contributed by atoms with van der Waals surface area (Å²) in [4.78, 5) is 0.583. The summed E-state index contributed by atoms with van der Waals surface area (Å²) in [5.74, 6) is 0.685. The molecule has 0 unspecified atom stereocenters. The number of hydrogen-bond acceptors (Lipinski definition) is 5. The first-order chi connectivity index (χ1) is 12.0. The lowest BCUT2D eigenvalue weighted by molar-refractivity contribution is 0.177. The quantitative estimate of drug-likeness (QED) is 0.775. The first-order valence-corrected chi connectivity index (χ1v) is 10.8. The maximum Gasteiger partial charge on any atom is 0.206 e. The zero-order valence-electron chi connectivity index (χ0n) is 14.4. The topological polar surface area (TPSA) is 55.4 Å². The molecule has 4 nitrogen and oxygen atoms in total. The van der Waals surface area contributed by atoms with Crippen LogP contribution in [0.25, 0.3) is 0 Å². The molecule has 1 aliphatic heterocycles. The Bertz CT molecular complexity index is 820. The van der Waals surface area contributed by atoms with Gasteiger partial charge in [-0.2, -0.15) is 0 Å². The third kappa shape index (κ3) is 4.37. The van der Waals surface area contributed by atoms with E-state index >= 15 is 0 Å². The molecule has 0 aromatic heterocycles. The molecule has 0 saturated heterocycles. The Labute approximate surface area is 154 Å². The zero-order valence-corrected chi connectivity index (χ0v) is 16.1. The van der Waals surface area contributed by atoms with Gasteiger partial charge in [0.2, 0.25) is 9.84 Å². The van der Waals surface area contributed by atoms with Crippen molar-refractivity contribution in [2.75, 3.05) is 6.54 Å². The lowest BCUT2D eigenvalue weighted by Gasteiger charge is -2.27. The fourth-order valence-corrected chi connectivity index (χ4v) is 4.67. The van der Waals surface area contributed by atoms with Crippen molar-refractivity contribution in [3.05, 3.63) is 54.1 Å². The summed E-state index contributed by atoms with van der Waals surface area (Å²) in [7, 11) is -3.52. The molecule has 0 saturated carbocycles. The highest BCUT2D eigenvalue weighted by Crippen LogP contribution is 2.32. The molecular weight excluding hydrogens is 354 g/mol. The van der Waals surface area contributed by atoms with Gasteiger partial charge in [0.25, 0.3) is 0 Å². The summed E-state index contributed by atoms with van der Waals surface area (Å²) >= 11 is 1.69. The van der Waals surface area contributed by atoms with Crippen LogP contribution in [0, 0.1) is 0 Å². The second-order valence-electron chi connectivity index (χ2n) is 6.38. The van der Waals surface area contributed by atoms with Crippen LogP contribution in [0.2, 0.25) is 0 Å². The number of benzene rings is 2. The maximum atomic E-state index is 12.8. The highest BCUT2D eigenvalue weighted by atomic mass is 32.2. The van der Waals surface area contributed by atoms with Crippen LogP contribution in [-0.4, -0.2) is 26.3 Å². The number of fused-ring (bicyclic) bond motifs is 1. The van der Waals surface area contributed by atoms with Crippen LogP contribution in [0.5, 0.6) is 5.75 Å². The van der Waals surface area contributed by atoms with E-state index in [0.29, 0.717) is 15.9 Å². The van der Waals surface area contributed by atoms with Crippen molar-refractivity contribution in [2.24, 2.45) is 0 Å². The Morgan fingerprint density at radius 3 is 2.64 bits per heavy atom. The molecule has 0 fully saturated rings. The molecule has 0 aliphatic carbocycles.